The average Bonchev–Trinajstić information content (AvgIpc) is 3.04. The maximum absolute atomic E-state index is 12.2. The molecule has 4 nitrogen and oxygen atoms in total. The van der Waals surface area contributed by atoms with Gasteiger partial charge in [-0.2, -0.15) is 0 Å². The first kappa shape index (κ1) is 17.0. The summed E-state index contributed by atoms with van der Waals surface area (Å²) in [6.45, 7) is -0.165. The van der Waals surface area contributed by atoms with Crippen molar-refractivity contribution in [1.29, 1.82) is 0 Å². The minimum absolute atomic E-state index is 0.165. The van der Waals surface area contributed by atoms with Crippen molar-refractivity contribution in [3.05, 3.63) is 74.5 Å². The SMILES string of the molecule is O=C(Nc1ccc(-c2ccc(CO)o2)c(Cl)c1)c1ccc(I)cc1. The molecule has 1 heterocycles. The molecule has 2 N–H and O–H groups in total. The molecule has 3 rings (SSSR count). The van der Waals surface area contributed by atoms with Crippen molar-refractivity contribution < 1.29 is 14.3 Å². The lowest BCUT2D eigenvalue weighted by Gasteiger charge is -2.08. The van der Waals surface area contributed by atoms with E-state index in [2.05, 4.69) is 27.9 Å². The molecule has 6 heteroatoms. The molecule has 0 unspecified atom stereocenters. The average molecular weight is 454 g/mol. The first-order valence-corrected chi connectivity index (χ1v) is 8.59. The lowest BCUT2D eigenvalue weighted by atomic mass is 10.1. The van der Waals surface area contributed by atoms with Crippen LogP contribution in [0.15, 0.2) is 59.0 Å². The lowest BCUT2D eigenvalue weighted by Crippen LogP contribution is -2.11. The lowest BCUT2D eigenvalue weighted by molar-refractivity contribution is 0.102. The number of anilines is 1. The van der Waals surface area contributed by atoms with Gasteiger partial charge >= 0.3 is 0 Å². The highest BCUT2D eigenvalue weighted by Gasteiger charge is 2.11. The van der Waals surface area contributed by atoms with Gasteiger partial charge < -0.3 is 14.8 Å². The van der Waals surface area contributed by atoms with E-state index >= 15 is 0 Å². The van der Waals surface area contributed by atoms with Crippen LogP contribution in [-0.2, 0) is 6.61 Å². The van der Waals surface area contributed by atoms with Crippen LogP contribution in [0.4, 0.5) is 5.69 Å². The normalized spacial score (nSPS) is 10.6. The molecule has 0 saturated carbocycles. The van der Waals surface area contributed by atoms with Crippen LogP contribution in [0, 0.1) is 3.57 Å². The monoisotopic (exact) mass is 453 g/mol. The molecular weight excluding hydrogens is 441 g/mol. The summed E-state index contributed by atoms with van der Waals surface area (Å²) in [5.74, 6) is 0.840. The number of carbonyl (C=O) groups is 1. The molecule has 0 radical (unpaired) electrons. The van der Waals surface area contributed by atoms with E-state index in [9.17, 15) is 4.79 Å². The summed E-state index contributed by atoms with van der Waals surface area (Å²) in [7, 11) is 0. The van der Waals surface area contributed by atoms with Crippen molar-refractivity contribution >= 4 is 45.8 Å². The molecule has 1 aromatic heterocycles. The smallest absolute Gasteiger partial charge is 0.255 e. The van der Waals surface area contributed by atoms with Gasteiger partial charge in [-0.3, -0.25) is 4.79 Å². The van der Waals surface area contributed by atoms with Crippen molar-refractivity contribution in [2.24, 2.45) is 0 Å². The number of halogens is 2. The molecule has 1 amide bonds. The highest BCUT2D eigenvalue weighted by molar-refractivity contribution is 14.1. The molecule has 0 saturated heterocycles. The van der Waals surface area contributed by atoms with Crippen molar-refractivity contribution in [3.63, 3.8) is 0 Å². The van der Waals surface area contributed by atoms with E-state index < -0.39 is 0 Å². The summed E-state index contributed by atoms with van der Waals surface area (Å²) >= 11 is 8.48. The second kappa shape index (κ2) is 7.38. The second-order valence-electron chi connectivity index (χ2n) is 5.08. The number of benzene rings is 2. The third-order valence-corrected chi connectivity index (χ3v) is 4.45. The number of aliphatic hydroxyl groups is 1. The van der Waals surface area contributed by atoms with Crippen LogP contribution in [0.25, 0.3) is 11.3 Å². The quantitative estimate of drug-likeness (QED) is 0.550. The van der Waals surface area contributed by atoms with E-state index in [-0.39, 0.29) is 12.5 Å². The van der Waals surface area contributed by atoms with Crippen LogP contribution in [0.1, 0.15) is 16.1 Å². The number of furan rings is 1. The summed E-state index contributed by atoms with van der Waals surface area (Å²) < 4.78 is 6.55. The molecule has 2 aromatic carbocycles. The Morgan fingerprint density at radius 1 is 1.12 bits per heavy atom. The van der Waals surface area contributed by atoms with Gasteiger partial charge in [0.2, 0.25) is 0 Å². The Balaban J connectivity index is 1.79. The van der Waals surface area contributed by atoms with E-state index in [0.717, 1.165) is 3.57 Å². The minimum atomic E-state index is -0.198. The maximum Gasteiger partial charge on any atom is 0.255 e. The third-order valence-electron chi connectivity index (χ3n) is 3.42. The highest BCUT2D eigenvalue weighted by Crippen LogP contribution is 2.31. The summed E-state index contributed by atoms with van der Waals surface area (Å²) in [4.78, 5) is 12.2. The van der Waals surface area contributed by atoms with Crippen LogP contribution in [-0.4, -0.2) is 11.0 Å². The Morgan fingerprint density at radius 2 is 1.88 bits per heavy atom. The zero-order valence-corrected chi connectivity index (χ0v) is 15.3. The number of aliphatic hydroxyl groups excluding tert-OH is 1. The van der Waals surface area contributed by atoms with E-state index in [1.165, 1.54) is 0 Å². The highest BCUT2D eigenvalue weighted by atomic mass is 127. The predicted octanol–water partition coefficient (Wildman–Crippen LogP) is 4.95. The summed E-state index contributed by atoms with van der Waals surface area (Å²) in [6.07, 6.45) is 0. The van der Waals surface area contributed by atoms with Gasteiger partial charge in [-0.1, -0.05) is 11.6 Å². The van der Waals surface area contributed by atoms with Crippen LogP contribution in [0.5, 0.6) is 0 Å². The van der Waals surface area contributed by atoms with Gasteiger partial charge in [0.1, 0.15) is 18.1 Å². The summed E-state index contributed by atoms with van der Waals surface area (Å²) in [5, 5.41) is 12.3. The Labute approximate surface area is 157 Å². The fourth-order valence-electron chi connectivity index (χ4n) is 2.20. The van der Waals surface area contributed by atoms with E-state index in [4.69, 9.17) is 21.1 Å². The topological polar surface area (TPSA) is 62.5 Å². The van der Waals surface area contributed by atoms with Crippen molar-refractivity contribution in [2.45, 2.75) is 6.61 Å². The number of carbonyl (C=O) groups excluding carboxylic acids is 1. The maximum atomic E-state index is 12.2. The standard InChI is InChI=1S/C18H13ClINO3/c19-16-9-13(21-18(23)11-1-3-12(20)4-2-11)5-7-15(16)17-8-6-14(10-22)24-17/h1-9,22H,10H2,(H,21,23). The zero-order valence-electron chi connectivity index (χ0n) is 12.4. The van der Waals surface area contributed by atoms with Gasteiger partial charge in [0.15, 0.2) is 0 Å². The molecule has 0 spiro atoms. The molecule has 122 valence electrons. The Hall–Kier alpha value is -1.83. The molecule has 24 heavy (non-hydrogen) atoms. The fraction of sp³-hybridized carbons (Fsp3) is 0.0556. The van der Waals surface area contributed by atoms with Crippen LogP contribution >= 0.6 is 34.2 Å². The van der Waals surface area contributed by atoms with E-state index in [1.807, 2.05) is 12.1 Å². The van der Waals surface area contributed by atoms with Crippen LogP contribution in [0.3, 0.4) is 0 Å². The third kappa shape index (κ3) is 3.80. The Morgan fingerprint density at radius 3 is 2.50 bits per heavy atom. The minimum Gasteiger partial charge on any atom is -0.459 e. The van der Waals surface area contributed by atoms with Crippen molar-refractivity contribution in [3.8, 4) is 11.3 Å². The molecule has 0 bridgehead atoms. The second-order valence-corrected chi connectivity index (χ2v) is 6.73. The van der Waals surface area contributed by atoms with Crippen LogP contribution in [0.2, 0.25) is 5.02 Å². The van der Waals surface area contributed by atoms with Gasteiger partial charge in [0.05, 0.1) is 5.02 Å². The zero-order chi connectivity index (χ0) is 17.1. The Kier molecular flexibility index (Phi) is 5.23. The molecular formula is C18H13ClINO3. The van der Waals surface area contributed by atoms with Crippen LogP contribution < -0.4 is 5.32 Å². The summed E-state index contributed by atoms with van der Waals surface area (Å²) in [6, 6.07) is 15.9. The van der Waals surface area contributed by atoms with Gasteiger partial charge in [-0.15, -0.1) is 0 Å². The molecule has 0 aliphatic rings. The number of rotatable bonds is 4. The van der Waals surface area contributed by atoms with Gasteiger partial charge in [0, 0.05) is 20.4 Å². The Bertz CT molecular complexity index is 874. The molecule has 0 aliphatic heterocycles. The summed E-state index contributed by atoms with van der Waals surface area (Å²) in [5.41, 5.74) is 1.87. The fourth-order valence-corrected chi connectivity index (χ4v) is 2.84. The van der Waals surface area contributed by atoms with E-state index in [1.54, 1.807) is 42.5 Å². The molecule has 3 aromatic rings. The van der Waals surface area contributed by atoms with Gasteiger partial charge in [-0.05, 0) is 77.2 Å². The number of amides is 1. The number of nitrogens with one attached hydrogen (secondary N) is 1. The molecule has 0 aliphatic carbocycles. The van der Waals surface area contributed by atoms with Gasteiger partial charge in [-0.25, -0.2) is 0 Å². The predicted molar refractivity (Wildman–Crippen MR) is 102 cm³/mol. The molecule has 0 fully saturated rings. The van der Waals surface area contributed by atoms with E-state index in [0.29, 0.717) is 33.4 Å². The number of hydrogen-bond acceptors (Lipinski definition) is 3. The van der Waals surface area contributed by atoms with Crippen molar-refractivity contribution in [2.75, 3.05) is 5.32 Å². The largest absolute Gasteiger partial charge is 0.459 e. The first-order chi connectivity index (χ1) is 11.6. The van der Waals surface area contributed by atoms with Crippen molar-refractivity contribution in [1.82, 2.24) is 0 Å². The molecule has 0 atom stereocenters. The van der Waals surface area contributed by atoms with Gasteiger partial charge in [0.25, 0.3) is 5.91 Å². The first-order valence-electron chi connectivity index (χ1n) is 7.13. The number of hydrogen-bond donors (Lipinski definition) is 2.